The first kappa shape index (κ1) is 13.0. The Hall–Kier alpha value is -2.43. The number of nitrogens with one attached hydrogen (secondary N) is 1. The molecule has 1 aromatic heterocycles. The van der Waals surface area contributed by atoms with Gasteiger partial charge in [-0.3, -0.25) is 4.79 Å². The van der Waals surface area contributed by atoms with E-state index in [9.17, 15) is 4.79 Å². The molecule has 98 valence electrons. The van der Waals surface area contributed by atoms with Crippen molar-refractivity contribution in [3.8, 4) is 11.1 Å². The van der Waals surface area contributed by atoms with Crippen LogP contribution in [0.3, 0.4) is 0 Å². The fourth-order valence-corrected chi connectivity index (χ4v) is 1.69. The number of aliphatic carboxylic acids is 1. The summed E-state index contributed by atoms with van der Waals surface area (Å²) in [5.41, 5.74) is 3.12. The molecule has 0 amide bonds. The number of hydrogen-bond acceptors (Lipinski definition) is 4. The van der Waals surface area contributed by atoms with E-state index in [1.807, 2.05) is 31.2 Å². The molecular weight excluding hydrogens is 242 g/mol. The van der Waals surface area contributed by atoms with Crippen LogP contribution in [0.2, 0.25) is 0 Å². The predicted octanol–water partition coefficient (Wildman–Crippen LogP) is 2.34. The molecule has 0 bridgehead atoms. The van der Waals surface area contributed by atoms with Gasteiger partial charge >= 0.3 is 5.97 Å². The highest BCUT2D eigenvalue weighted by atomic mass is 16.4. The molecular formula is C14H15N3O2. The van der Waals surface area contributed by atoms with Gasteiger partial charge in [-0.15, -0.1) is 0 Å². The van der Waals surface area contributed by atoms with E-state index < -0.39 is 12.0 Å². The van der Waals surface area contributed by atoms with Crippen LogP contribution in [-0.2, 0) is 4.79 Å². The zero-order chi connectivity index (χ0) is 13.8. The number of benzene rings is 1. The van der Waals surface area contributed by atoms with E-state index in [2.05, 4.69) is 15.3 Å². The van der Waals surface area contributed by atoms with Crippen molar-refractivity contribution in [1.29, 1.82) is 0 Å². The maximum Gasteiger partial charge on any atom is 0.325 e. The SMILES string of the molecule is Cc1ccccc1-c1cnc(NC(C)C(=O)O)nc1. The Morgan fingerprint density at radius 1 is 1.26 bits per heavy atom. The minimum atomic E-state index is -0.938. The van der Waals surface area contributed by atoms with Gasteiger partial charge in [-0.05, 0) is 25.0 Å². The van der Waals surface area contributed by atoms with Gasteiger partial charge in [0.25, 0.3) is 0 Å². The van der Waals surface area contributed by atoms with Crippen molar-refractivity contribution in [2.45, 2.75) is 19.9 Å². The van der Waals surface area contributed by atoms with Crippen molar-refractivity contribution in [1.82, 2.24) is 9.97 Å². The largest absolute Gasteiger partial charge is 0.480 e. The number of aryl methyl sites for hydroxylation is 1. The van der Waals surface area contributed by atoms with Crippen molar-refractivity contribution >= 4 is 11.9 Å². The van der Waals surface area contributed by atoms with Gasteiger partial charge in [-0.25, -0.2) is 9.97 Å². The van der Waals surface area contributed by atoms with Crippen LogP contribution >= 0.6 is 0 Å². The maximum absolute atomic E-state index is 10.7. The van der Waals surface area contributed by atoms with E-state index in [4.69, 9.17) is 5.11 Å². The quantitative estimate of drug-likeness (QED) is 0.879. The second-order valence-corrected chi connectivity index (χ2v) is 4.31. The Bertz CT molecular complexity index is 581. The van der Waals surface area contributed by atoms with E-state index in [1.54, 1.807) is 19.3 Å². The smallest absolute Gasteiger partial charge is 0.325 e. The van der Waals surface area contributed by atoms with Gasteiger partial charge in [-0.2, -0.15) is 0 Å². The molecule has 0 aliphatic carbocycles. The van der Waals surface area contributed by atoms with Crippen LogP contribution in [-0.4, -0.2) is 27.1 Å². The third-order valence-corrected chi connectivity index (χ3v) is 2.82. The van der Waals surface area contributed by atoms with E-state index >= 15 is 0 Å². The molecule has 1 atom stereocenters. The Balaban J connectivity index is 2.19. The molecule has 0 spiro atoms. The molecule has 0 aliphatic rings. The summed E-state index contributed by atoms with van der Waals surface area (Å²) in [7, 11) is 0. The number of anilines is 1. The maximum atomic E-state index is 10.7. The number of hydrogen-bond donors (Lipinski definition) is 2. The standard InChI is InChI=1S/C14H15N3O2/c1-9-5-3-4-6-12(9)11-7-15-14(16-8-11)17-10(2)13(18)19/h3-8,10H,1-2H3,(H,18,19)(H,15,16,17). The van der Waals surface area contributed by atoms with Gasteiger partial charge in [0.2, 0.25) is 5.95 Å². The molecule has 5 nitrogen and oxygen atoms in total. The first-order chi connectivity index (χ1) is 9.08. The van der Waals surface area contributed by atoms with Gasteiger partial charge in [-0.1, -0.05) is 24.3 Å². The topological polar surface area (TPSA) is 75.1 Å². The highest BCUT2D eigenvalue weighted by Crippen LogP contribution is 2.21. The molecule has 2 rings (SSSR count). The Labute approximate surface area is 111 Å². The minimum Gasteiger partial charge on any atom is -0.480 e. The molecule has 0 fully saturated rings. The van der Waals surface area contributed by atoms with Gasteiger partial charge in [0.05, 0.1) is 0 Å². The van der Waals surface area contributed by atoms with Gasteiger partial charge in [0.15, 0.2) is 0 Å². The molecule has 1 aromatic carbocycles. The molecule has 1 heterocycles. The summed E-state index contributed by atoms with van der Waals surface area (Å²) >= 11 is 0. The second kappa shape index (κ2) is 5.48. The lowest BCUT2D eigenvalue weighted by molar-refractivity contribution is -0.137. The van der Waals surface area contributed by atoms with E-state index in [-0.39, 0.29) is 0 Å². The van der Waals surface area contributed by atoms with Crippen molar-refractivity contribution in [3.05, 3.63) is 42.2 Å². The van der Waals surface area contributed by atoms with Crippen molar-refractivity contribution in [3.63, 3.8) is 0 Å². The highest BCUT2D eigenvalue weighted by Gasteiger charge is 2.11. The van der Waals surface area contributed by atoms with E-state index in [0.717, 1.165) is 16.7 Å². The average molecular weight is 257 g/mol. The summed E-state index contributed by atoms with van der Waals surface area (Å²) in [6, 6.07) is 7.24. The zero-order valence-corrected chi connectivity index (χ0v) is 10.8. The number of rotatable bonds is 4. The van der Waals surface area contributed by atoms with E-state index in [1.165, 1.54) is 0 Å². The summed E-state index contributed by atoms with van der Waals surface area (Å²) in [6.07, 6.45) is 3.37. The van der Waals surface area contributed by atoms with Crippen LogP contribution in [0.5, 0.6) is 0 Å². The Morgan fingerprint density at radius 3 is 2.47 bits per heavy atom. The van der Waals surface area contributed by atoms with Crippen molar-refractivity contribution < 1.29 is 9.90 Å². The molecule has 0 aliphatic heterocycles. The number of nitrogens with zero attached hydrogens (tertiary/aromatic N) is 2. The molecule has 2 aromatic rings. The zero-order valence-electron chi connectivity index (χ0n) is 10.8. The van der Waals surface area contributed by atoms with Gasteiger partial charge in [0.1, 0.15) is 6.04 Å². The van der Waals surface area contributed by atoms with Gasteiger partial charge < -0.3 is 10.4 Å². The highest BCUT2D eigenvalue weighted by molar-refractivity contribution is 5.76. The number of carbonyl (C=O) groups is 1. The number of carboxylic acid groups (broad SMARTS) is 1. The predicted molar refractivity (Wildman–Crippen MR) is 72.9 cm³/mol. The van der Waals surface area contributed by atoms with Crippen LogP contribution in [0.4, 0.5) is 5.95 Å². The third kappa shape index (κ3) is 3.07. The molecule has 0 saturated carbocycles. The summed E-state index contributed by atoms with van der Waals surface area (Å²) < 4.78 is 0. The Morgan fingerprint density at radius 2 is 1.89 bits per heavy atom. The van der Waals surface area contributed by atoms with E-state index in [0.29, 0.717) is 5.95 Å². The third-order valence-electron chi connectivity index (χ3n) is 2.82. The number of aromatic nitrogens is 2. The van der Waals surface area contributed by atoms with Crippen molar-refractivity contribution in [2.75, 3.05) is 5.32 Å². The van der Waals surface area contributed by atoms with Crippen LogP contribution in [0, 0.1) is 6.92 Å². The first-order valence-corrected chi connectivity index (χ1v) is 5.95. The lowest BCUT2D eigenvalue weighted by atomic mass is 10.0. The summed E-state index contributed by atoms with van der Waals surface area (Å²) in [6.45, 7) is 3.56. The second-order valence-electron chi connectivity index (χ2n) is 4.31. The molecule has 19 heavy (non-hydrogen) atoms. The minimum absolute atomic E-state index is 0.312. The first-order valence-electron chi connectivity index (χ1n) is 5.95. The fourth-order valence-electron chi connectivity index (χ4n) is 1.69. The van der Waals surface area contributed by atoms with Crippen LogP contribution < -0.4 is 5.32 Å². The average Bonchev–Trinajstić information content (AvgIpc) is 2.40. The van der Waals surface area contributed by atoms with Crippen molar-refractivity contribution in [2.24, 2.45) is 0 Å². The Kier molecular flexibility index (Phi) is 3.75. The normalized spacial score (nSPS) is 11.9. The van der Waals surface area contributed by atoms with Gasteiger partial charge in [0, 0.05) is 18.0 Å². The molecule has 0 saturated heterocycles. The molecule has 0 radical (unpaired) electrons. The lowest BCUT2D eigenvalue weighted by Crippen LogP contribution is -2.26. The molecule has 2 N–H and O–H groups in total. The van der Waals surface area contributed by atoms with Crippen LogP contribution in [0.1, 0.15) is 12.5 Å². The fraction of sp³-hybridized carbons (Fsp3) is 0.214. The monoisotopic (exact) mass is 257 g/mol. The summed E-state index contributed by atoms with van der Waals surface area (Å²) in [5, 5.41) is 11.5. The molecule has 5 heteroatoms. The molecule has 1 unspecified atom stereocenters. The van der Waals surface area contributed by atoms with Crippen LogP contribution in [0.15, 0.2) is 36.7 Å². The summed E-state index contributed by atoms with van der Waals surface area (Å²) in [5.74, 6) is -0.626. The van der Waals surface area contributed by atoms with Crippen LogP contribution in [0.25, 0.3) is 11.1 Å². The summed E-state index contributed by atoms with van der Waals surface area (Å²) in [4.78, 5) is 19.0. The lowest BCUT2D eigenvalue weighted by Gasteiger charge is -2.09. The number of carboxylic acids is 1.